The fraction of sp³-hybridized carbons (Fsp3) is 0.700. The van der Waals surface area contributed by atoms with Gasteiger partial charge >= 0.3 is 0 Å². The monoisotopic (exact) mass is 332 g/mol. The van der Waals surface area contributed by atoms with Crippen molar-refractivity contribution in [1.29, 1.82) is 0 Å². The Morgan fingerprint density at radius 2 is 1.65 bits per heavy atom. The first-order valence-corrected chi connectivity index (χ1v) is 9.91. The van der Waals surface area contributed by atoms with Gasteiger partial charge in [0.25, 0.3) is 0 Å². The molecule has 2 saturated heterocycles. The first-order valence-electron chi connectivity index (χ1n) is 9.54. The van der Waals surface area contributed by atoms with E-state index in [1.807, 2.05) is 12.1 Å². The molecule has 0 aromatic heterocycles. The number of hydrogen-bond donors (Lipinski definition) is 0. The van der Waals surface area contributed by atoms with Crippen LogP contribution in [0, 0.1) is 5.92 Å². The Kier molecular flexibility index (Phi) is 4.93. The predicted molar refractivity (Wildman–Crippen MR) is 96.8 cm³/mol. The van der Waals surface area contributed by atoms with Crippen LogP contribution in [-0.4, -0.2) is 41.5 Å². The van der Waals surface area contributed by atoms with Crippen LogP contribution in [-0.2, 0) is 6.54 Å². The number of halogens is 1. The molecule has 0 radical (unpaired) electrons. The van der Waals surface area contributed by atoms with E-state index >= 15 is 0 Å². The van der Waals surface area contributed by atoms with Gasteiger partial charge in [-0.3, -0.25) is 9.80 Å². The summed E-state index contributed by atoms with van der Waals surface area (Å²) in [5.74, 6) is 0.918. The summed E-state index contributed by atoms with van der Waals surface area (Å²) in [6.45, 7) is 4.94. The van der Waals surface area contributed by atoms with Crippen molar-refractivity contribution in [3.63, 3.8) is 0 Å². The second-order valence-corrected chi connectivity index (χ2v) is 8.17. The van der Waals surface area contributed by atoms with E-state index in [-0.39, 0.29) is 0 Å². The lowest BCUT2D eigenvalue weighted by molar-refractivity contribution is -0.00379. The molecule has 2 aliphatic heterocycles. The summed E-state index contributed by atoms with van der Waals surface area (Å²) in [6.07, 6.45) is 10.1. The highest BCUT2D eigenvalue weighted by molar-refractivity contribution is 6.30. The maximum atomic E-state index is 6.06. The van der Waals surface area contributed by atoms with Gasteiger partial charge in [-0.15, -0.1) is 0 Å². The fourth-order valence-electron chi connectivity index (χ4n) is 5.26. The normalized spacial score (nSPS) is 30.5. The molecule has 0 unspecified atom stereocenters. The molecule has 1 aromatic carbocycles. The SMILES string of the molecule is Clc1ccc(CN2CCN3CCC[C@H]3[C@H]2C2CCCCC2)cc1. The topological polar surface area (TPSA) is 6.48 Å². The molecular weight excluding hydrogens is 304 g/mol. The lowest BCUT2D eigenvalue weighted by atomic mass is 9.78. The molecule has 3 heteroatoms. The Labute approximate surface area is 145 Å². The zero-order valence-corrected chi connectivity index (χ0v) is 14.8. The summed E-state index contributed by atoms with van der Waals surface area (Å²) in [5, 5.41) is 0.846. The van der Waals surface area contributed by atoms with Crippen LogP contribution in [0.4, 0.5) is 0 Å². The summed E-state index contributed by atoms with van der Waals surface area (Å²) >= 11 is 6.06. The fourth-order valence-corrected chi connectivity index (χ4v) is 5.39. The molecule has 2 atom stereocenters. The minimum absolute atomic E-state index is 0.780. The smallest absolute Gasteiger partial charge is 0.0406 e. The maximum Gasteiger partial charge on any atom is 0.0406 e. The third-order valence-corrected chi connectivity index (χ3v) is 6.59. The third-order valence-electron chi connectivity index (χ3n) is 6.34. The van der Waals surface area contributed by atoms with E-state index in [1.54, 1.807) is 0 Å². The average Bonchev–Trinajstić information content (AvgIpc) is 3.06. The van der Waals surface area contributed by atoms with Crippen LogP contribution in [0.5, 0.6) is 0 Å². The van der Waals surface area contributed by atoms with E-state index in [0.29, 0.717) is 0 Å². The highest BCUT2D eigenvalue weighted by Gasteiger charge is 2.42. The van der Waals surface area contributed by atoms with Crippen LogP contribution in [0.1, 0.15) is 50.5 Å². The van der Waals surface area contributed by atoms with Crippen molar-refractivity contribution < 1.29 is 0 Å². The van der Waals surface area contributed by atoms with Gasteiger partial charge in [0.15, 0.2) is 0 Å². The van der Waals surface area contributed by atoms with Crippen molar-refractivity contribution in [1.82, 2.24) is 9.80 Å². The van der Waals surface area contributed by atoms with Gasteiger partial charge in [0.2, 0.25) is 0 Å². The highest BCUT2D eigenvalue weighted by atomic mass is 35.5. The van der Waals surface area contributed by atoms with Crippen molar-refractivity contribution in [2.24, 2.45) is 5.92 Å². The van der Waals surface area contributed by atoms with Gasteiger partial charge in [-0.1, -0.05) is 43.0 Å². The molecule has 3 fully saturated rings. The van der Waals surface area contributed by atoms with E-state index in [0.717, 1.165) is 29.6 Å². The Morgan fingerprint density at radius 1 is 0.870 bits per heavy atom. The van der Waals surface area contributed by atoms with E-state index in [2.05, 4.69) is 21.9 Å². The van der Waals surface area contributed by atoms with Gasteiger partial charge in [0.05, 0.1) is 0 Å². The van der Waals surface area contributed by atoms with Crippen molar-refractivity contribution in [2.75, 3.05) is 19.6 Å². The second-order valence-electron chi connectivity index (χ2n) is 7.73. The highest BCUT2D eigenvalue weighted by Crippen LogP contribution is 2.38. The number of benzene rings is 1. The van der Waals surface area contributed by atoms with Crippen molar-refractivity contribution in [2.45, 2.75) is 63.6 Å². The molecule has 4 rings (SSSR count). The Balaban J connectivity index is 1.53. The van der Waals surface area contributed by atoms with Gasteiger partial charge < -0.3 is 0 Å². The molecule has 23 heavy (non-hydrogen) atoms. The Morgan fingerprint density at radius 3 is 2.43 bits per heavy atom. The summed E-state index contributed by atoms with van der Waals surface area (Å²) in [6, 6.07) is 10.1. The average molecular weight is 333 g/mol. The molecule has 126 valence electrons. The predicted octanol–water partition coefficient (Wildman–Crippen LogP) is 4.57. The quantitative estimate of drug-likeness (QED) is 0.800. The van der Waals surface area contributed by atoms with Crippen LogP contribution in [0.15, 0.2) is 24.3 Å². The zero-order valence-electron chi connectivity index (χ0n) is 14.1. The largest absolute Gasteiger partial charge is 0.298 e. The standard InChI is InChI=1S/C20H29ClN2/c21-18-10-8-16(9-11-18)15-23-14-13-22-12-4-7-19(22)20(23)17-5-2-1-3-6-17/h8-11,17,19-20H,1-7,12-15H2/t19-,20+/m0/s1. The van der Waals surface area contributed by atoms with Gasteiger partial charge in [-0.25, -0.2) is 0 Å². The molecular formula is C20H29ClN2. The summed E-state index contributed by atoms with van der Waals surface area (Å²) < 4.78 is 0. The molecule has 2 nitrogen and oxygen atoms in total. The minimum atomic E-state index is 0.780. The first kappa shape index (κ1) is 15.9. The van der Waals surface area contributed by atoms with Crippen molar-refractivity contribution >= 4 is 11.6 Å². The summed E-state index contributed by atoms with van der Waals surface area (Å²) in [5.41, 5.74) is 1.42. The van der Waals surface area contributed by atoms with Gasteiger partial charge in [-0.05, 0) is 55.8 Å². The summed E-state index contributed by atoms with van der Waals surface area (Å²) in [7, 11) is 0. The molecule has 0 N–H and O–H groups in total. The van der Waals surface area contributed by atoms with Crippen molar-refractivity contribution in [3.05, 3.63) is 34.9 Å². The van der Waals surface area contributed by atoms with Crippen LogP contribution < -0.4 is 0 Å². The van der Waals surface area contributed by atoms with Gasteiger partial charge in [0, 0.05) is 36.7 Å². The molecule has 1 aromatic rings. The number of nitrogens with zero attached hydrogens (tertiary/aromatic N) is 2. The molecule has 0 amide bonds. The number of fused-ring (bicyclic) bond motifs is 1. The van der Waals surface area contributed by atoms with E-state index in [4.69, 9.17) is 11.6 Å². The van der Waals surface area contributed by atoms with Crippen LogP contribution in [0.25, 0.3) is 0 Å². The lowest BCUT2D eigenvalue weighted by Crippen LogP contribution is -2.59. The number of hydrogen-bond acceptors (Lipinski definition) is 2. The number of piperazine rings is 1. The van der Waals surface area contributed by atoms with Crippen LogP contribution >= 0.6 is 11.6 Å². The molecule has 1 aliphatic carbocycles. The van der Waals surface area contributed by atoms with E-state index < -0.39 is 0 Å². The second kappa shape index (κ2) is 7.13. The van der Waals surface area contributed by atoms with Gasteiger partial charge in [-0.2, -0.15) is 0 Å². The molecule has 0 bridgehead atoms. The number of rotatable bonds is 3. The van der Waals surface area contributed by atoms with Gasteiger partial charge in [0.1, 0.15) is 0 Å². The molecule has 3 aliphatic rings. The summed E-state index contributed by atoms with van der Waals surface area (Å²) in [4.78, 5) is 5.60. The van der Waals surface area contributed by atoms with E-state index in [9.17, 15) is 0 Å². The van der Waals surface area contributed by atoms with Crippen LogP contribution in [0.2, 0.25) is 5.02 Å². The van der Waals surface area contributed by atoms with Crippen LogP contribution in [0.3, 0.4) is 0 Å². The lowest BCUT2D eigenvalue weighted by Gasteiger charge is -2.49. The Hall–Kier alpha value is -0.570. The van der Waals surface area contributed by atoms with Crippen molar-refractivity contribution in [3.8, 4) is 0 Å². The first-order chi connectivity index (χ1) is 11.3. The Bertz CT molecular complexity index is 509. The minimum Gasteiger partial charge on any atom is -0.298 e. The molecule has 1 saturated carbocycles. The zero-order chi connectivity index (χ0) is 15.6. The molecule has 0 spiro atoms. The molecule has 2 heterocycles. The van der Waals surface area contributed by atoms with E-state index in [1.165, 1.54) is 70.1 Å². The maximum absolute atomic E-state index is 6.06. The third kappa shape index (κ3) is 3.45.